The summed E-state index contributed by atoms with van der Waals surface area (Å²) in [6.07, 6.45) is -3.02. The lowest BCUT2D eigenvalue weighted by atomic mass is 10.00. The molecule has 0 spiro atoms. The fourth-order valence-electron chi connectivity index (χ4n) is 2.85. The Labute approximate surface area is 131 Å². The Morgan fingerprint density at radius 3 is 2.52 bits per heavy atom. The standard InChI is InChI=1S/C17H15F3NO2/c18-17(19,20)23-13-8-6-12(7-9-13)11-21-10-2-3-14-15(21)4-1-5-16(14)22/h1,4-9H,2-3,10-11H2. The molecular formula is C17H15F3NO2. The van der Waals surface area contributed by atoms with Crippen LogP contribution < -0.4 is 9.64 Å². The van der Waals surface area contributed by atoms with Crippen molar-refractivity contribution in [2.75, 3.05) is 11.4 Å². The van der Waals surface area contributed by atoms with Crippen LogP contribution in [0.25, 0.3) is 0 Å². The smallest absolute Gasteiger partial charge is 0.406 e. The molecule has 2 aromatic rings. The van der Waals surface area contributed by atoms with Crippen molar-refractivity contribution in [1.82, 2.24) is 0 Å². The predicted octanol–water partition coefficient (Wildman–Crippen LogP) is 4.68. The van der Waals surface area contributed by atoms with E-state index in [1.807, 2.05) is 6.07 Å². The molecule has 0 aromatic heterocycles. The van der Waals surface area contributed by atoms with Crippen molar-refractivity contribution in [2.45, 2.75) is 25.7 Å². The van der Waals surface area contributed by atoms with Crippen molar-refractivity contribution in [3.8, 4) is 11.5 Å². The monoisotopic (exact) mass is 322 g/mol. The highest BCUT2D eigenvalue weighted by molar-refractivity contribution is 5.60. The third-order valence-electron chi connectivity index (χ3n) is 3.83. The molecule has 0 saturated heterocycles. The second-order valence-electron chi connectivity index (χ2n) is 5.47. The lowest BCUT2D eigenvalue weighted by Crippen LogP contribution is -2.28. The van der Waals surface area contributed by atoms with E-state index < -0.39 is 6.36 Å². The van der Waals surface area contributed by atoms with E-state index in [9.17, 15) is 18.3 Å². The third-order valence-corrected chi connectivity index (χ3v) is 3.83. The molecule has 3 nitrogen and oxygen atoms in total. The molecule has 0 N–H and O–H groups in total. The highest BCUT2D eigenvalue weighted by Gasteiger charge is 2.31. The third kappa shape index (κ3) is 3.70. The maximum absolute atomic E-state index is 12.2. The van der Waals surface area contributed by atoms with Crippen molar-refractivity contribution in [1.29, 1.82) is 0 Å². The Morgan fingerprint density at radius 2 is 1.83 bits per heavy atom. The van der Waals surface area contributed by atoms with Crippen molar-refractivity contribution in [2.24, 2.45) is 0 Å². The van der Waals surface area contributed by atoms with Crippen molar-refractivity contribution >= 4 is 5.69 Å². The van der Waals surface area contributed by atoms with Crippen LogP contribution in [0.15, 0.2) is 42.5 Å². The number of ether oxygens (including phenoxy) is 1. The van der Waals surface area contributed by atoms with Gasteiger partial charge in [0.25, 0.3) is 0 Å². The topological polar surface area (TPSA) is 32.4 Å². The predicted molar refractivity (Wildman–Crippen MR) is 79.1 cm³/mol. The summed E-state index contributed by atoms with van der Waals surface area (Å²) in [4.78, 5) is 2.08. The van der Waals surface area contributed by atoms with Gasteiger partial charge in [0.1, 0.15) is 5.75 Å². The van der Waals surface area contributed by atoms with Crippen LogP contribution in [0.4, 0.5) is 18.9 Å². The van der Waals surface area contributed by atoms with Gasteiger partial charge in [-0.3, -0.25) is 5.11 Å². The highest BCUT2D eigenvalue weighted by Crippen LogP contribution is 2.34. The van der Waals surface area contributed by atoms with Gasteiger partial charge in [-0.15, -0.1) is 13.2 Å². The summed E-state index contributed by atoms with van der Waals surface area (Å²) < 4.78 is 40.3. The fraction of sp³-hybridized carbons (Fsp3) is 0.294. The van der Waals surface area contributed by atoms with Crippen LogP contribution in [0.1, 0.15) is 17.5 Å². The SMILES string of the molecule is [O]c1cccc2c1CCCN2Cc1ccc(OC(F)(F)F)cc1. The molecule has 0 atom stereocenters. The summed E-state index contributed by atoms with van der Waals surface area (Å²) in [6, 6.07) is 11.0. The highest BCUT2D eigenvalue weighted by atomic mass is 19.4. The summed E-state index contributed by atoms with van der Waals surface area (Å²) in [5, 5.41) is 11.9. The largest absolute Gasteiger partial charge is 0.573 e. The van der Waals surface area contributed by atoms with Gasteiger partial charge in [0.15, 0.2) is 5.75 Å². The second kappa shape index (κ2) is 6.02. The van der Waals surface area contributed by atoms with Gasteiger partial charge < -0.3 is 9.64 Å². The number of alkyl halides is 3. The maximum Gasteiger partial charge on any atom is 0.573 e. The average molecular weight is 322 g/mol. The van der Waals surface area contributed by atoms with E-state index in [1.54, 1.807) is 24.3 Å². The zero-order valence-electron chi connectivity index (χ0n) is 12.3. The molecule has 1 aliphatic rings. The van der Waals surface area contributed by atoms with Crippen molar-refractivity contribution < 1.29 is 23.0 Å². The van der Waals surface area contributed by atoms with Crippen LogP contribution in [0, 0.1) is 0 Å². The van der Waals surface area contributed by atoms with Crippen LogP contribution >= 0.6 is 0 Å². The van der Waals surface area contributed by atoms with Crippen LogP contribution in [-0.2, 0) is 18.1 Å². The Balaban J connectivity index is 1.75. The minimum absolute atomic E-state index is 0.0427. The molecule has 3 rings (SSSR count). The first-order valence-corrected chi connectivity index (χ1v) is 7.31. The quantitative estimate of drug-likeness (QED) is 0.822. The van der Waals surface area contributed by atoms with Gasteiger partial charge in [0, 0.05) is 24.3 Å². The molecule has 0 bridgehead atoms. The number of hydrogen-bond acceptors (Lipinski definition) is 2. The van der Waals surface area contributed by atoms with E-state index in [0.29, 0.717) is 6.54 Å². The van der Waals surface area contributed by atoms with E-state index in [0.717, 1.165) is 36.2 Å². The number of hydrogen-bond donors (Lipinski definition) is 0. The van der Waals surface area contributed by atoms with Crippen LogP contribution in [-0.4, -0.2) is 12.9 Å². The molecule has 1 heterocycles. The van der Waals surface area contributed by atoms with Crippen molar-refractivity contribution in [3.05, 3.63) is 53.6 Å². The zero-order chi connectivity index (χ0) is 16.4. The number of nitrogens with zero attached hydrogens (tertiary/aromatic N) is 1. The molecular weight excluding hydrogens is 307 g/mol. The number of rotatable bonds is 3. The minimum Gasteiger partial charge on any atom is -0.406 e. The number of fused-ring (bicyclic) bond motifs is 1. The number of anilines is 1. The molecule has 0 amide bonds. The minimum atomic E-state index is -4.68. The molecule has 23 heavy (non-hydrogen) atoms. The van der Waals surface area contributed by atoms with Crippen molar-refractivity contribution in [3.63, 3.8) is 0 Å². The second-order valence-corrected chi connectivity index (χ2v) is 5.47. The molecule has 121 valence electrons. The van der Waals surface area contributed by atoms with E-state index in [2.05, 4.69) is 9.64 Å². The van der Waals surface area contributed by atoms with Gasteiger partial charge >= 0.3 is 6.36 Å². The molecule has 1 radical (unpaired) electrons. The van der Waals surface area contributed by atoms with Crippen LogP contribution in [0.5, 0.6) is 11.5 Å². The summed E-state index contributed by atoms with van der Waals surface area (Å²) >= 11 is 0. The Morgan fingerprint density at radius 1 is 1.09 bits per heavy atom. The number of benzene rings is 2. The first-order valence-electron chi connectivity index (χ1n) is 7.31. The van der Waals surface area contributed by atoms with E-state index in [-0.39, 0.29) is 11.5 Å². The molecule has 0 aliphatic carbocycles. The van der Waals surface area contributed by atoms with Crippen LogP contribution in [0.3, 0.4) is 0 Å². The van der Waals surface area contributed by atoms with Gasteiger partial charge in [0.05, 0.1) is 0 Å². The number of halogens is 3. The zero-order valence-corrected chi connectivity index (χ0v) is 12.3. The first kappa shape index (κ1) is 15.5. The first-order chi connectivity index (χ1) is 10.9. The van der Waals surface area contributed by atoms with Gasteiger partial charge in [-0.25, -0.2) is 0 Å². The van der Waals surface area contributed by atoms with Gasteiger partial charge in [-0.1, -0.05) is 18.2 Å². The van der Waals surface area contributed by atoms with Crippen LogP contribution in [0.2, 0.25) is 0 Å². The van der Waals surface area contributed by atoms with E-state index >= 15 is 0 Å². The normalized spacial score (nSPS) is 14.5. The lowest BCUT2D eigenvalue weighted by molar-refractivity contribution is -0.274. The Bertz CT molecular complexity index is 683. The van der Waals surface area contributed by atoms with Gasteiger partial charge in [-0.2, -0.15) is 0 Å². The molecule has 6 heteroatoms. The average Bonchev–Trinajstić information content (AvgIpc) is 2.49. The van der Waals surface area contributed by atoms with E-state index in [4.69, 9.17) is 0 Å². The molecule has 1 aliphatic heterocycles. The Hall–Kier alpha value is -2.37. The molecule has 0 saturated carbocycles. The van der Waals surface area contributed by atoms with Gasteiger partial charge in [0.2, 0.25) is 0 Å². The molecule has 2 aromatic carbocycles. The maximum atomic E-state index is 12.2. The summed E-state index contributed by atoms with van der Waals surface area (Å²) in [6.45, 7) is 1.36. The summed E-state index contributed by atoms with van der Waals surface area (Å²) in [5.74, 6) is -0.191. The molecule has 0 unspecified atom stereocenters. The summed E-state index contributed by atoms with van der Waals surface area (Å²) in [7, 11) is 0. The molecule has 0 fully saturated rings. The Kier molecular flexibility index (Phi) is 4.07. The fourth-order valence-corrected chi connectivity index (χ4v) is 2.85. The van der Waals surface area contributed by atoms with E-state index in [1.165, 1.54) is 12.1 Å². The van der Waals surface area contributed by atoms with Gasteiger partial charge in [-0.05, 0) is 42.7 Å². The lowest BCUT2D eigenvalue weighted by Gasteiger charge is -2.31. The summed E-state index contributed by atoms with van der Waals surface area (Å²) in [5.41, 5.74) is 2.60.